The lowest BCUT2D eigenvalue weighted by Gasteiger charge is -2.33. The molecule has 0 spiro atoms. The number of ether oxygens (including phenoxy) is 1. The van der Waals surface area contributed by atoms with Crippen LogP contribution in [0.15, 0.2) is 84.9 Å². The summed E-state index contributed by atoms with van der Waals surface area (Å²) in [6, 6.07) is 20.8. The zero-order chi connectivity index (χ0) is 30.2. The highest BCUT2D eigenvalue weighted by Gasteiger charge is 2.39. The third kappa shape index (κ3) is 7.52. The van der Waals surface area contributed by atoms with Crippen molar-refractivity contribution < 1.29 is 34.1 Å². The normalized spacial score (nSPS) is 25.2. The Balaban J connectivity index is 1.69. The highest BCUT2D eigenvalue weighted by atomic mass is 16.5. The fraction of sp³-hybridized carbons (Fsp3) is 0.312. The molecule has 0 bridgehead atoms. The Kier molecular flexibility index (Phi) is 9.93. The van der Waals surface area contributed by atoms with Crippen molar-refractivity contribution in [3.8, 4) is 5.75 Å². The topological polar surface area (TPSA) is 154 Å². The van der Waals surface area contributed by atoms with Crippen LogP contribution in [0.3, 0.4) is 0 Å². The molecule has 0 aliphatic carbocycles. The van der Waals surface area contributed by atoms with Crippen LogP contribution in [0.25, 0.3) is 0 Å². The minimum absolute atomic E-state index is 0.0553. The number of aliphatic hydroxyl groups is 1. The lowest BCUT2D eigenvalue weighted by atomic mass is 9.92. The van der Waals surface area contributed by atoms with E-state index in [1.165, 1.54) is 26.0 Å². The van der Waals surface area contributed by atoms with Gasteiger partial charge in [0.15, 0.2) is 6.10 Å². The Labute approximate surface area is 244 Å². The number of aliphatic hydroxyl groups excluding tert-OH is 1. The predicted molar refractivity (Wildman–Crippen MR) is 154 cm³/mol. The second-order valence-corrected chi connectivity index (χ2v) is 10.5. The van der Waals surface area contributed by atoms with Crippen LogP contribution in [0.1, 0.15) is 35.3 Å². The molecule has 3 amide bonds. The lowest BCUT2D eigenvalue weighted by Crippen LogP contribution is -2.62. The number of aromatic hydroxyl groups is 1. The number of cyclic esters (lactones) is 1. The summed E-state index contributed by atoms with van der Waals surface area (Å²) < 4.78 is 5.65. The lowest BCUT2D eigenvalue weighted by molar-refractivity contribution is -0.164. The van der Waals surface area contributed by atoms with E-state index in [4.69, 9.17) is 4.74 Å². The molecule has 1 aliphatic rings. The molecule has 10 nitrogen and oxygen atoms in total. The van der Waals surface area contributed by atoms with Gasteiger partial charge in [0, 0.05) is 6.42 Å². The number of esters is 1. The van der Waals surface area contributed by atoms with Crippen LogP contribution < -0.4 is 16.0 Å². The molecule has 42 heavy (non-hydrogen) atoms. The van der Waals surface area contributed by atoms with Crippen molar-refractivity contribution in [2.24, 2.45) is 5.92 Å². The largest absolute Gasteiger partial charge is 0.507 e. The van der Waals surface area contributed by atoms with E-state index < -0.39 is 59.9 Å². The van der Waals surface area contributed by atoms with Crippen molar-refractivity contribution in [2.45, 2.75) is 57.0 Å². The van der Waals surface area contributed by atoms with E-state index >= 15 is 0 Å². The quantitative estimate of drug-likeness (QED) is 0.282. The Hall–Kier alpha value is -4.70. The number of benzene rings is 3. The van der Waals surface area contributed by atoms with Crippen molar-refractivity contribution in [3.63, 3.8) is 0 Å². The molecular weight excluding hydrogens is 538 g/mol. The molecule has 6 atom stereocenters. The highest BCUT2D eigenvalue weighted by Crippen LogP contribution is 2.19. The van der Waals surface area contributed by atoms with Gasteiger partial charge in [-0.1, -0.05) is 72.8 Å². The standard InChI is InChI=1S/C32H35N3O7/c1-19-28(37)24(17-21-11-5-3-6-12-21)34-31(40)27(35-29(38)23-15-9-10-16-25(23)36)20(2)33-30(39)26(42-32(19)41)18-22-13-7-4-8-14-22/h3-16,19-20,24,26-28,36-37H,17-18H2,1-2H3,(H,33,39)(H,34,40)(H,35,38)/t19-,20-,24+,26?,27+,28+/m1/s1. The maximum absolute atomic E-state index is 13.7. The molecule has 3 aromatic rings. The third-order valence-corrected chi connectivity index (χ3v) is 7.32. The van der Waals surface area contributed by atoms with Crippen LogP contribution in [0, 0.1) is 5.92 Å². The summed E-state index contributed by atoms with van der Waals surface area (Å²) in [6.07, 6.45) is -2.41. The molecule has 1 heterocycles. The number of amides is 3. The molecule has 10 heteroatoms. The summed E-state index contributed by atoms with van der Waals surface area (Å²) in [5.41, 5.74) is 1.48. The molecular formula is C32H35N3O7. The molecule has 0 saturated carbocycles. The summed E-state index contributed by atoms with van der Waals surface area (Å²) in [5.74, 6) is -4.26. The Morgan fingerprint density at radius 2 is 1.38 bits per heavy atom. The monoisotopic (exact) mass is 573 g/mol. The number of rotatable bonds is 6. The Morgan fingerprint density at radius 3 is 2.00 bits per heavy atom. The van der Waals surface area contributed by atoms with E-state index in [1.54, 1.807) is 36.4 Å². The van der Waals surface area contributed by atoms with Crippen molar-refractivity contribution in [2.75, 3.05) is 0 Å². The third-order valence-electron chi connectivity index (χ3n) is 7.32. The number of hydrogen-bond acceptors (Lipinski definition) is 7. The summed E-state index contributed by atoms with van der Waals surface area (Å²) in [5, 5.41) is 29.6. The minimum atomic E-state index is -1.38. The summed E-state index contributed by atoms with van der Waals surface area (Å²) >= 11 is 0. The first-order chi connectivity index (χ1) is 20.1. The van der Waals surface area contributed by atoms with Crippen molar-refractivity contribution in [1.29, 1.82) is 0 Å². The second kappa shape index (κ2) is 13.8. The first-order valence-electron chi connectivity index (χ1n) is 13.8. The van der Waals surface area contributed by atoms with Crippen molar-refractivity contribution in [3.05, 3.63) is 102 Å². The number of phenolic OH excluding ortho intramolecular Hbond substituents is 1. The number of carbonyl (C=O) groups is 4. The molecule has 1 unspecified atom stereocenters. The fourth-order valence-electron chi connectivity index (χ4n) is 4.85. The Bertz CT molecular complexity index is 1400. The van der Waals surface area contributed by atoms with Crippen LogP contribution in [-0.2, 0) is 32.0 Å². The maximum Gasteiger partial charge on any atom is 0.312 e. The zero-order valence-corrected chi connectivity index (χ0v) is 23.4. The van der Waals surface area contributed by atoms with E-state index in [2.05, 4.69) is 16.0 Å². The molecule has 3 aromatic carbocycles. The molecule has 5 N–H and O–H groups in total. The summed E-state index contributed by atoms with van der Waals surface area (Å²) in [6.45, 7) is 3.01. The summed E-state index contributed by atoms with van der Waals surface area (Å²) in [4.78, 5) is 53.5. The first-order valence-corrected chi connectivity index (χ1v) is 13.8. The van der Waals surface area contributed by atoms with Gasteiger partial charge in [-0.2, -0.15) is 0 Å². The van der Waals surface area contributed by atoms with Crippen LogP contribution in [0.5, 0.6) is 5.75 Å². The van der Waals surface area contributed by atoms with Gasteiger partial charge in [0.2, 0.25) is 5.91 Å². The molecule has 0 radical (unpaired) electrons. The van der Waals surface area contributed by atoms with Crippen LogP contribution in [0.4, 0.5) is 0 Å². The number of hydrogen-bond donors (Lipinski definition) is 5. The molecule has 1 aliphatic heterocycles. The van der Waals surface area contributed by atoms with Crippen LogP contribution >= 0.6 is 0 Å². The van der Waals surface area contributed by atoms with Gasteiger partial charge >= 0.3 is 5.97 Å². The van der Waals surface area contributed by atoms with Crippen molar-refractivity contribution >= 4 is 23.7 Å². The smallest absolute Gasteiger partial charge is 0.312 e. The number of nitrogens with one attached hydrogen (secondary N) is 3. The minimum Gasteiger partial charge on any atom is -0.507 e. The molecule has 220 valence electrons. The zero-order valence-electron chi connectivity index (χ0n) is 23.4. The second-order valence-electron chi connectivity index (χ2n) is 10.5. The van der Waals surface area contributed by atoms with Gasteiger partial charge < -0.3 is 30.9 Å². The SMILES string of the molecule is C[C@H]1NC(=O)C(Cc2ccccc2)OC(=O)[C@H](C)[C@H](O)[C@H](Cc2ccccc2)NC(=O)[C@H]1NC(=O)c1ccccc1O. The maximum atomic E-state index is 13.7. The van der Waals surface area contributed by atoms with E-state index in [0.717, 1.165) is 11.1 Å². The Morgan fingerprint density at radius 1 is 0.810 bits per heavy atom. The van der Waals surface area contributed by atoms with Gasteiger partial charge in [-0.05, 0) is 43.5 Å². The van der Waals surface area contributed by atoms with E-state index in [9.17, 15) is 29.4 Å². The number of carbonyl (C=O) groups excluding carboxylic acids is 4. The molecule has 0 aromatic heterocycles. The van der Waals surface area contributed by atoms with Crippen LogP contribution in [-0.4, -0.2) is 64.2 Å². The molecule has 1 fully saturated rings. The number of phenols is 1. The molecule has 1 saturated heterocycles. The predicted octanol–water partition coefficient (Wildman–Crippen LogP) is 1.89. The van der Waals surface area contributed by atoms with Crippen molar-refractivity contribution in [1.82, 2.24) is 16.0 Å². The van der Waals surface area contributed by atoms with E-state index in [0.29, 0.717) is 0 Å². The fourth-order valence-corrected chi connectivity index (χ4v) is 4.85. The van der Waals surface area contributed by atoms with Gasteiger partial charge in [0.25, 0.3) is 11.8 Å². The number of para-hydroxylation sites is 1. The van der Waals surface area contributed by atoms with E-state index in [1.807, 2.05) is 36.4 Å². The summed E-state index contributed by atoms with van der Waals surface area (Å²) in [7, 11) is 0. The average molecular weight is 574 g/mol. The van der Waals surface area contributed by atoms with Crippen LogP contribution in [0.2, 0.25) is 0 Å². The van der Waals surface area contributed by atoms with E-state index in [-0.39, 0.29) is 24.2 Å². The van der Waals surface area contributed by atoms with Gasteiger partial charge in [-0.15, -0.1) is 0 Å². The van der Waals surface area contributed by atoms with Gasteiger partial charge in [-0.3, -0.25) is 19.2 Å². The van der Waals surface area contributed by atoms with Gasteiger partial charge in [-0.25, -0.2) is 0 Å². The van der Waals surface area contributed by atoms with Gasteiger partial charge in [0.05, 0.1) is 29.7 Å². The average Bonchev–Trinajstić information content (AvgIpc) is 2.99. The molecule has 4 rings (SSSR count). The first kappa shape index (κ1) is 30.3. The van der Waals surface area contributed by atoms with Gasteiger partial charge in [0.1, 0.15) is 11.8 Å². The highest BCUT2D eigenvalue weighted by molar-refractivity contribution is 6.00.